The van der Waals surface area contributed by atoms with Crippen molar-refractivity contribution >= 4 is 24.0 Å². The van der Waals surface area contributed by atoms with E-state index in [-0.39, 0.29) is 24.3 Å². The highest BCUT2D eigenvalue weighted by molar-refractivity contribution is 6.17. The van der Waals surface area contributed by atoms with Crippen LogP contribution in [0.2, 0.25) is 0 Å². The molecule has 0 spiro atoms. The van der Waals surface area contributed by atoms with Crippen molar-refractivity contribution in [1.82, 2.24) is 4.98 Å². The molecule has 1 unspecified atom stereocenters. The van der Waals surface area contributed by atoms with Crippen LogP contribution in [0.3, 0.4) is 0 Å². The van der Waals surface area contributed by atoms with Gasteiger partial charge in [-0.25, -0.2) is 4.39 Å². The summed E-state index contributed by atoms with van der Waals surface area (Å²) in [5.41, 5.74) is 1.85. The van der Waals surface area contributed by atoms with Gasteiger partial charge in [-0.15, -0.1) is 24.0 Å². The van der Waals surface area contributed by atoms with E-state index in [1.807, 2.05) is 12.1 Å². The highest BCUT2D eigenvalue weighted by atomic mass is 35.5. The van der Waals surface area contributed by atoms with Crippen molar-refractivity contribution in [2.45, 2.75) is 12.5 Å². The topological polar surface area (TPSA) is 22.1 Å². The Hall–Kier alpha value is -1.16. The number of rotatable bonds is 6. The lowest BCUT2D eigenvalue weighted by Crippen LogP contribution is -2.08. The fourth-order valence-electron chi connectivity index (χ4n) is 1.81. The van der Waals surface area contributed by atoms with E-state index in [1.165, 1.54) is 12.1 Å². The molecule has 0 radical (unpaired) electrons. The minimum atomic E-state index is -0.255. The van der Waals surface area contributed by atoms with Crippen molar-refractivity contribution in [2.24, 2.45) is 0 Å². The van der Waals surface area contributed by atoms with Crippen LogP contribution in [0.5, 0.6) is 0 Å². The molecule has 0 aliphatic heterocycles. The number of hydrogen-bond donors (Lipinski definition) is 0. The van der Waals surface area contributed by atoms with Crippen LogP contribution >= 0.6 is 24.0 Å². The lowest BCUT2D eigenvalue weighted by Gasteiger charge is -2.18. The molecule has 0 amide bonds. The Balaban J connectivity index is 0.00000200. The Kier molecular flexibility index (Phi) is 7.52. The van der Waals surface area contributed by atoms with Crippen LogP contribution in [0, 0.1) is 5.82 Å². The maximum Gasteiger partial charge on any atom is 0.123 e. The molecule has 0 bridgehead atoms. The largest absolute Gasteiger partial charge is 0.369 e. The van der Waals surface area contributed by atoms with Crippen LogP contribution in [0.15, 0.2) is 48.8 Å². The predicted molar refractivity (Wildman–Crippen MR) is 81.0 cm³/mol. The Bertz CT molecular complexity index is 493. The third-order valence-electron chi connectivity index (χ3n) is 2.72. The number of ether oxygens (including phenoxy) is 1. The summed E-state index contributed by atoms with van der Waals surface area (Å²) in [6.45, 7) is 0.556. The van der Waals surface area contributed by atoms with Crippen LogP contribution in [0.4, 0.5) is 4.39 Å². The molecular formula is C15H16Cl2FNO. The van der Waals surface area contributed by atoms with Gasteiger partial charge in [0.1, 0.15) is 11.9 Å². The SMILES string of the molecule is Cl.Fc1ccc(C(OCCCCl)c2cccnc2)cc1. The molecule has 2 rings (SSSR count). The highest BCUT2D eigenvalue weighted by Gasteiger charge is 2.14. The molecule has 1 heterocycles. The molecule has 2 nitrogen and oxygen atoms in total. The van der Waals surface area contributed by atoms with Gasteiger partial charge in [-0.2, -0.15) is 0 Å². The van der Waals surface area contributed by atoms with Crippen LogP contribution in [0.1, 0.15) is 23.7 Å². The normalized spacial score (nSPS) is 11.7. The first-order valence-corrected chi connectivity index (χ1v) is 6.67. The van der Waals surface area contributed by atoms with Crippen molar-refractivity contribution in [1.29, 1.82) is 0 Å². The molecule has 1 aromatic heterocycles. The van der Waals surface area contributed by atoms with E-state index in [9.17, 15) is 4.39 Å². The average molecular weight is 316 g/mol. The van der Waals surface area contributed by atoms with E-state index in [2.05, 4.69) is 4.98 Å². The summed E-state index contributed by atoms with van der Waals surface area (Å²) in [5.74, 6) is 0.304. The second-order valence-corrected chi connectivity index (χ2v) is 4.51. The van der Waals surface area contributed by atoms with Gasteiger partial charge in [0.15, 0.2) is 0 Å². The van der Waals surface area contributed by atoms with Crippen LogP contribution in [0.25, 0.3) is 0 Å². The van der Waals surface area contributed by atoms with Gasteiger partial charge in [-0.05, 0) is 30.2 Å². The van der Waals surface area contributed by atoms with Gasteiger partial charge in [-0.3, -0.25) is 4.98 Å². The lowest BCUT2D eigenvalue weighted by molar-refractivity contribution is 0.0808. The first-order chi connectivity index (χ1) is 9.31. The smallest absolute Gasteiger partial charge is 0.123 e. The molecule has 0 N–H and O–H groups in total. The van der Waals surface area contributed by atoms with E-state index >= 15 is 0 Å². The monoisotopic (exact) mass is 315 g/mol. The van der Waals surface area contributed by atoms with Gasteiger partial charge in [0, 0.05) is 30.4 Å². The summed E-state index contributed by atoms with van der Waals surface area (Å²) >= 11 is 5.66. The Labute approximate surface area is 129 Å². The van der Waals surface area contributed by atoms with Crippen LogP contribution in [-0.4, -0.2) is 17.5 Å². The zero-order valence-corrected chi connectivity index (χ0v) is 12.4. The first kappa shape index (κ1) is 16.9. The molecule has 2 aromatic rings. The minimum absolute atomic E-state index is 0. The summed E-state index contributed by atoms with van der Waals surface area (Å²) in [4.78, 5) is 4.10. The molecule has 20 heavy (non-hydrogen) atoms. The van der Waals surface area contributed by atoms with E-state index in [4.69, 9.17) is 16.3 Å². The fraction of sp³-hybridized carbons (Fsp3) is 0.267. The summed E-state index contributed by atoms with van der Waals surface area (Å²) in [6, 6.07) is 10.1. The second kappa shape index (κ2) is 8.90. The van der Waals surface area contributed by atoms with Crippen LogP contribution < -0.4 is 0 Å². The first-order valence-electron chi connectivity index (χ1n) is 6.14. The number of halogens is 3. The highest BCUT2D eigenvalue weighted by Crippen LogP contribution is 2.25. The van der Waals surface area contributed by atoms with E-state index < -0.39 is 0 Å². The molecule has 5 heteroatoms. The van der Waals surface area contributed by atoms with Gasteiger partial charge in [0.25, 0.3) is 0 Å². The summed E-state index contributed by atoms with van der Waals surface area (Å²) in [7, 11) is 0. The lowest BCUT2D eigenvalue weighted by atomic mass is 10.0. The van der Waals surface area contributed by atoms with E-state index in [0.717, 1.165) is 17.5 Å². The third kappa shape index (κ3) is 4.75. The van der Waals surface area contributed by atoms with Crippen molar-refractivity contribution in [3.05, 3.63) is 65.7 Å². The van der Waals surface area contributed by atoms with E-state index in [0.29, 0.717) is 12.5 Å². The predicted octanol–water partition coefficient (Wildman–Crippen LogP) is 4.38. The maximum atomic E-state index is 13.0. The molecule has 0 saturated carbocycles. The summed E-state index contributed by atoms with van der Waals surface area (Å²) < 4.78 is 18.8. The Morgan fingerprint density at radius 2 is 1.90 bits per heavy atom. The Morgan fingerprint density at radius 1 is 1.15 bits per heavy atom. The molecule has 0 saturated heterocycles. The molecule has 0 fully saturated rings. The number of pyridine rings is 1. The average Bonchev–Trinajstić information content (AvgIpc) is 2.46. The van der Waals surface area contributed by atoms with Gasteiger partial charge < -0.3 is 4.74 Å². The summed E-state index contributed by atoms with van der Waals surface area (Å²) in [6.07, 6.45) is 4.01. The van der Waals surface area contributed by atoms with Crippen molar-refractivity contribution < 1.29 is 9.13 Å². The fourth-order valence-corrected chi connectivity index (χ4v) is 1.92. The van der Waals surface area contributed by atoms with Crippen LogP contribution in [-0.2, 0) is 4.74 Å². The van der Waals surface area contributed by atoms with Gasteiger partial charge in [0.05, 0.1) is 0 Å². The van der Waals surface area contributed by atoms with Crippen molar-refractivity contribution in [3.8, 4) is 0 Å². The van der Waals surface area contributed by atoms with E-state index in [1.54, 1.807) is 24.5 Å². The van der Waals surface area contributed by atoms with Crippen molar-refractivity contribution in [2.75, 3.05) is 12.5 Å². The maximum absolute atomic E-state index is 13.0. The number of alkyl halides is 1. The van der Waals surface area contributed by atoms with Gasteiger partial charge >= 0.3 is 0 Å². The number of benzene rings is 1. The van der Waals surface area contributed by atoms with Gasteiger partial charge in [-0.1, -0.05) is 18.2 Å². The Morgan fingerprint density at radius 3 is 2.50 bits per heavy atom. The summed E-state index contributed by atoms with van der Waals surface area (Å²) in [5, 5.41) is 0. The molecule has 1 atom stereocenters. The molecule has 0 aliphatic carbocycles. The molecule has 108 valence electrons. The zero-order chi connectivity index (χ0) is 13.5. The standard InChI is InChI=1S/C15H15ClFNO.ClH/c16-8-2-10-19-15(13-3-1-9-18-11-13)12-4-6-14(17)7-5-12;/h1,3-7,9,11,15H,2,8,10H2;1H. The molecular weight excluding hydrogens is 300 g/mol. The van der Waals surface area contributed by atoms with Crippen molar-refractivity contribution in [3.63, 3.8) is 0 Å². The number of hydrogen-bond acceptors (Lipinski definition) is 2. The number of nitrogens with zero attached hydrogens (tertiary/aromatic N) is 1. The quantitative estimate of drug-likeness (QED) is 0.583. The molecule has 0 aliphatic rings. The third-order valence-corrected chi connectivity index (χ3v) is 2.99. The number of aromatic nitrogens is 1. The zero-order valence-electron chi connectivity index (χ0n) is 10.8. The van der Waals surface area contributed by atoms with Gasteiger partial charge in [0.2, 0.25) is 0 Å². The minimum Gasteiger partial charge on any atom is -0.369 e. The molecule has 1 aromatic carbocycles. The second-order valence-electron chi connectivity index (χ2n) is 4.13.